The summed E-state index contributed by atoms with van der Waals surface area (Å²) in [5, 5.41) is 17.0. The van der Waals surface area contributed by atoms with Gasteiger partial charge < -0.3 is 21.5 Å². The lowest BCUT2D eigenvalue weighted by Gasteiger charge is -2.37. The molecule has 3 saturated carbocycles. The predicted molar refractivity (Wildman–Crippen MR) is 109 cm³/mol. The number of carbonyl (C=O) groups is 1. The fraction of sp³-hybridized carbons (Fsp3) is 0.762. The van der Waals surface area contributed by atoms with E-state index in [1.165, 1.54) is 44.7 Å². The highest BCUT2D eigenvalue weighted by Crippen LogP contribution is 2.46. The van der Waals surface area contributed by atoms with Gasteiger partial charge in [0, 0.05) is 17.8 Å². The first-order valence-corrected chi connectivity index (χ1v) is 11.0. The second kappa shape index (κ2) is 8.23. The molecular weight excluding hydrogens is 354 g/mol. The molecule has 0 saturated heterocycles. The maximum atomic E-state index is 12.0. The van der Waals surface area contributed by atoms with Crippen molar-refractivity contribution < 1.29 is 9.90 Å². The van der Waals surface area contributed by atoms with Gasteiger partial charge in [-0.05, 0) is 57.3 Å². The molecule has 3 aliphatic carbocycles. The number of amides is 1. The number of hydrogen-bond donors (Lipinski definition) is 4. The second-order valence-electron chi connectivity index (χ2n) is 8.95. The summed E-state index contributed by atoms with van der Waals surface area (Å²) in [6, 6.07) is 0.159. The Morgan fingerprint density at radius 2 is 1.86 bits per heavy atom. The molecule has 3 fully saturated rings. The summed E-state index contributed by atoms with van der Waals surface area (Å²) in [6.07, 6.45) is 14.6. The number of nitrogens with one attached hydrogen (secondary N) is 2. The van der Waals surface area contributed by atoms with Crippen LogP contribution in [0.3, 0.4) is 0 Å². The third-order valence-corrected chi connectivity index (χ3v) is 7.03. The van der Waals surface area contributed by atoms with Gasteiger partial charge in [-0.1, -0.05) is 25.7 Å². The van der Waals surface area contributed by atoms with Crippen LogP contribution < -0.4 is 16.4 Å². The van der Waals surface area contributed by atoms with Gasteiger partial charge in [0.1, 0.15) is 5.82 Å². The average Bonchev–Trinajstić information content (AvgIpc) is 3.34. The highest BCUT2D eigenvalue weighted by atomic mass is 16.3. The summed E-state index contributed by atoms with van der Waals surface area (Å²) < 4.78 is 0. The molecule has 5 N–H and O–H groups in total. The molecule has 0 spiro atoms. The molecule has 28 heavy (non-hydrogen) atoms. The van der Waals surface area contributed by atoms with Crippen LogP contribution in [0.15, 0.2) is 6.20 Å². The van der Waals surface area contributed by atoms with E-state index in [2.05, 4.69) is 20.6 Å². The summed E-state index contributed by atoms with van der Waals surface area (Å²) in [5.74, 6) is 1.21. The number of carbonyl (C=O) groups excluding carboxylic acids is 1. The Morgan fingerprint density at radius 1 is 1.11 bits per heavy atom. The van der Waals surface area contributed by atoms with Crippen molar-refractivity contribution in [1.82, 2.24) is 9.97 Å². The maximum Gasteiger partial charge on any atom is 0.254 e. The van der Waals surface area contributed by atoms with E-state index in [4.69, 9.17) is 5.73 Å². The zero-order valence-corrected chi connectivity index (χ0v) is 16.6. The number of primary amides is 1. The predicted octanol–water partition coefficient (Wildman–Crippen LogP) is 3.21. The zero-order valence-electron chi connectivity index (χ0n) is 16.6. The van der Waals surface area contributed by atoms with Crippen LogP contribution in [0.2, 0.25) is 0 Å². The fourth-order valence-electron chi connectivity index (χ4n) is 5.56. The quantitative estimate of drug-likeness (QED) is 0.596. The molecule has 0 unspecified atom stereocenters. The largest absolute Gasteiger partial charge is 0.393 e. The van der Waals surface area contributed by atoms with E-state index in [1.54, 1.807) is 0 Å². The molecule has 1 aromatic rings. The second-order valence-corrected chi connectivity index (χ2v) is 8.95. The minimum atomic E-state index is -0.498. The summed E-state index contributed by atoms with van der Waals surface area (Å²) in [5.41, 5.74) is 6.01. The highest BCUT2D eigenvalue weighted by Gasteiger charge is 2.43. The van der Waals surface area contributed by atoms with Gasteiger partial charge in [-0.25, -0.2) is 4.98 Å². The standard InChI is InChI=1S/C21H33N5O2/c22-18(28)17-13-23-20(24-15-8-5-9-16(27)12-15)25-19(17)26-21(10-3-4-11-21)14-6-1-2-7-14/h13-16,27H,1-12H2,(H2,22,28)(H2,23,24,25,26)/t15-,16+/m1/s1. The van der Waals surface area contributed by atoms with E-state index in [0.717, 1.165) is 32.1 Å². The molecule has 3 aliphatic rings. The Labute approximate surface area is 166 Å². The highest BCUT2D eigenvalue weighted by molar-refractivity contribution is 5.97. The fourth-order valence-corrected chi connectivity index (χ4v) is 5.56. The number of hydrogen-bond acceptors (Lipinski definition) is 6. The molecule has 7 nitrogen and oxygen atoms in total. The van der Waals surface area contributed by atoms with Crippen LogP contribution in [0, 0.1) is 5.92 Å². The number of aliphatic hydroxyl groups excluding tert-OH is 1. The van der Waals surface area contributed by atoms with Crippen LogP contribution in [0.1, 0.15) is 87.4 Å². The monoisotopic (exact) mass is 387 g/mol. The summed E-state index contributed by atoms with van der Waals surface area (Å²) in [7, 11) is 0. The van der Waals surface area contributed by atoms with Crippen molar-refractivity contribution in [1.29, 1.82) is 0 Å². The van der Waals surface area contributed by atoms with E-state index < -0.39 is 5.91 Å². The van der Waals surface area contributed by atoms with Crippen LogP contribution in [0.5, 0.6) is 0 Å². The Morgan fingerprint density at radius 3 is 2.54 bits per heavy atom. The first-order valence-electron chi connectivity index (χ1n) is 11.0. The van der Waals surface area contributed by atoms with Crippen molar-refractivity contribution in [3.8, 4) is 0 Å². The van der Waals surface area contributed by atoms with Gasteiger partial charge in [0.2, 0.25) is 5.95 Å². The zero-order chi connectivity index (χ0) is 19.6. The number of aromatic nitrogens is 2. The summed E-state index contributed by atoms with van der Waals surface area (Å²) in [4.78, 5) is 21.0. The van der Waals surface area contributed by atoms with Crippen LogP contribution in [-0.2, 0) is 0 Å². The molecule has 1 heterocycles. The number of rotatable bonds is 6. The minimum Gasteiger partial charge on any atom is -0.393 e. The van der Waals surface area contributed by atoms with E-state index >= 15 is 0 Å². The average molecular weight is 388 g/mol. The van der Waals surface area contributed by atoms with Gasteiger partial charge in [0.15, 0.2) is 0 Å². The smallest absolute Gasteiger partial charge is 0.254 e. The molecule has 7 heteroatoms. The Bertz CT molecular complexity index is 698. The van der Waals surface area contributed by atoms with Crippen LogP contribution in [-0.4, -0.2) is 38.7 Å². The molecule has 0 aromatic carbocycles. The number of aliphatic hydroxyl groups is 1. The lowest BCUT2D eigenvalue weighted by atomic mass is 9.81. The third-order valence-electron chi connectivity index (χ3n) is 7.03. The summed E-state index contributed by atoms with van der Waals surface area (Å²) in [6.45, 7) is 0. The number of anilines is 2. The van der Waals surface area contributed by atoms with Crippen LogP contribution in [0.25, 0.3) is 0 Å². The Kier molecular flexibility index (Phi) is 5.71. The molecule has 154 valence electrons. The van der Waals surface area contributed by atoms with E-state index in [9.17, 15) is 9.90 Å². The lowest BCUT2D eigenvalue weighted by molar-refractivity contribution is 0.1000. The topological polar surface area (TPSA) is 113 Å². The van der Waals surface area contributed by atoms with Crippen molar-refractivity contribution in [2.45, 2.75) is 94.7 Å². The third kappa shape index (κ3) is 4.09. The van der Waals surface area contributed by atoms with Crippen LogP contribution in [0.4, 0.5) is 11.8 Å². The van der Waals surface area contributed by atoms with Crippen molar-refractivity contribution in [3.05, 3.63) is 11.8 Å². The van der Waals surface area contributed by atoms with Gasteiger partial charge in [0.25, 0.3) is 5.91 Å². The van der Waals surface area contributed by atoms with Gasteiger partial charge in [-0.15, -0.1) is 0 Å². The Hall–Kier alpha value is -1.89. The van der Waals surface area contributed by atoms with Crippen molar-refractivity contribution in [3.63, 3.8) is 0 Å². The normalized spacial score (nSPS) is 27.6. The summed E-state index contributed by atoms with van der Waals surface area (Å²) >= 11 is 0. The SMILES string of the molecule is NC(=O)c1cnc(N[C@@H]2CCC[C@H](O)C2)nc1NC1(C2CCCC2)CCCC1. The Balaban J connectivity index is 1.57. The minimum absolute atomic E-state index is 0.0212. The maximum absolute atomic E-state index is 12.0. The van der Waals surface area contributed by atoms with Gasteiger partial charge in [0.05, 0.1) is 11.7 Å². The van der Waals surface area contributed by atoms with Crippen molar-refractivity contribution >= 4 is 17.7 Å². The van der Waals surface area contributed by atoms with Crippen LogP contribution >= 0.6 is 0 Å². The molecule has 2 atom stereocenters. The molecular formula is C21H33N5O2. The van der Waals surface area contributed by atoms with E-state index in [-0.39, 0.29) is 17.7 Å². The molecule has 0 aliphatic heterocycles. The van der Waals surface area contributed by atoms with Gasteiger partial charge in [-0.3, -0.25) is 4.79 Å². The first-order chi connectivity index (χ1) is 13.6. The van der Waals surface area contributed by atoms with Crippen molar-refractivity contribution in [2.24, 2.45) is 11.7 Å². The molecule has 0 radical (unpaired) electrons. The number of nitrogens with two attached hydrogens (primary N) is 1. The van der Waals surface area contributed by atoms with E-state index in [1.807, 2.05) is 0 Å². The van der Waals surface area contributed by atoms with Gasteiger partial charge >= 0.3 is 0 Å². The van der Waals surface area contributed by atoms with Crippen molar-refractivity contribution in [2.75, 3.05) is 10.6 Å². The molecule has 1 amide bonds. The molecule has 1 aromatic heterocycles. The first kappa shape index (κ1) is 19.4. The lowest BCUT2D eigenvalue weighted by Crippen LogP contribution is -2.43. The molecule has 4 rings (SSSR count). The van der Waals surface area contributed by atoms with E-state index in [0.29, 0.717) is 29.7 Å². The van der Waals surface area contributed by atoms with Gasteiger partial charge in [-0.2, -0.15) is 4.98 Å². The molecule has 0 bridgehead atoms. The number of nitrogens with zero attached hydrogens (tertiary/aromatic N) is 2.